The zero-order chi connectivity index (χ0) is 48.7. The number of guanidine groups is 1. The molecule has 5 aromatic rings. The molecule has 0 bridgehead atoms. The van der Waals surface area contributed by atoms with Crippen molar-refractivity contribution in [3.8, 4) is 0 Å². The molecule has 13 nitrogen and oxygen atoms in total. The van der Waals surface area contributed by atoms with Gasteiger partial charge in [0.2, 0.25) is 11.8 Å². The van der Waals surface area contributed by atoms with E-state index in [-0.39, 0.29) is 41.7 Å². The maximum atomic E-state index is 12.7. The predicted molar refractivity (Wildman–Crippen MR) is 288 cm³/mol. The monoisotopic (exact) mass is 1060 g/mol. The van der Waals surface area contributed by atoms with E-state index in [1.165, 1.54) is 16.7 Å². The summed E-state index contributed by atoms with van der Waals surface area (Å²) in [4.78, 5) is 46.3. The lowest BCUT2D eigenvalue weighted by atomic mass is 10.0. The van der Waals surface area contributed by atoms with Crippen LogP contribution in [0.4, 0.5) is 22.7 Å². The van der Waals surface area contributed by atoms with Gasteiger partial charge in [0.05, 0.1) is 17.9 Å². The minimum atomic E-state index is -0.625. The molecule has 2 aliphatic rings. The summed E-state index contributed by atoms with van der Waals surface area (Å²) in [5.41, 5.74) is 26.3. The molecular weight excluding hydrogens is 1010 g/mol. The fourth-order valence-corrected chi connectivity index (χ4v) is 7.18. The van der Waals surface area contributed by atoms with Gasteiger partial charge in [0.15, 0.2) is 16.2 Å². The number of carbonyl (C=O) groups excluding carboxylic acids is 3. The van der Waals surface area contributed by atoms with E-state index in [1.54, 1.807) is 30.3 Å². The van der Waals surface area contributed by atoms with Gasteiger partial charge >= 0.3 is 0 Å². The molecule has 0 spiro atoms. The Labute approximate surface area is 431 Å². The number of amidine groups is 1. The fraction of sp³-hybridized carbons (Fsp3) is 0.217. The lowest BCUT2D eigenvalue weighted by Crippen LogP contribution is -2.52. The van der Waals surface area contributed by atoms with Gasteiger partial charge in [0.1, 0.15) is 6.04 Å². The van der Waals surface area contributed by atoms with E-state index >= 15 is 0 Å². The number of nitrogens with zero attached hydrogens (tertiary/aromatic N) is 4. The lowest BCUT2D eigenvalue weighted by molar-refractivity contribution is -0.136. The second-order valence-electron chi connectivity index (χ2n) is 14.7. The van der Waals surface area contributed by atoms with Crippen LogP contribution in [0.1, 0.15) is 56.6 Å². The second kappa shape index (κ2) is 27.1. The maximum absolute atomic E-state index is 12.7. The summed E-state index contributed by atoms with van der Waals surface area (Å²) in [6.45, 7) is 8.41. The van der Waals surface area contributed by atoms with Crippen LogP contribution >= 0.6 is 82.8 Å². The number of thiocarbonyl (C=S) groups is 1. The van der Waals surface area contributed by atoms with Crippen molar-refractivity contribution in [3.63, 3.8) is 0 Å². The molecule has 67 heavy (non-hydrogen) atoms. The van der Waals surface area contributed by atoms with E-state index in [0.29, 0.717) is 45.3 Å². The Balaban J connectivity index is 0.000000272. The number of fused-ring (bicyclic) bond motifs is 1. The Morgan fingerprint density at radius 2 is 1.28 bits per heavy atom. The van der Waals surface area contributed by atoms with Gasteiger partial charge in [-0.05, 0) is 141 Å². The second-order valence-corrected chi connectivity index (χ2v) is 17.8. The minimum Gasteiger partial charge on any atom is -0.378 e. The maximum Gasteiger partial charge on any atom is 0.255 e. The summed E-state index contributed by atoms with van der Waals surface area (Å²) in [6.07, 6.45) is 2.45. The van der Waals surface area contributed by atoms with Crippen LogP contribution in [-0.4, -0.2) is 51.2 Å². The van der Waals surface area contributed by atoms with Crippen LogP contribution in [0.3, 0.4) is 0 Å². The van der Waals surface area contributed by atoms with Gasteiger partial charge in [0.25, 0.3) is 5.91 Å². The number of halogens is 5. The number of aryl methyl sites for hydroxylation is 4. The molecule has 21 heteroatoms. The zero-order valence-corrected chi connectivity index (χ0v) is 43.2. The van der Waals surface area contributed by atoms with Crippen molar-refractivity contribution < 1.29 is 14.4 Å². The summed E-state index contributed by atoms with van der Waals surface area (Å²) >= 11 is 34.3. The average Bonchev–Trinajstić information content (AvgIpc) is 3.60. The molecule has 5 aromatic carbocycles. The van der Waals surface area contributed by atoms with E-state index in [0.717, 1.165) is 61.2 Å². The van der Waals surface area contributed by atoms with Crippen molar-refractivity contribution >= 4 is 152 Å². The molecule has 1 atom stereocenters. The molecule has 0 aliphatic carbocycles. The predicted octanol–water partition coefficient (Wildman–Crippen LogP) is 11.0. The number of rotatable bonds is 7. The topological polar surface area (TPSA) is 206 Å². The summed E-state index contributed by atoms with van der Waals surface area (Å²) in [6, 6.07) is 27.1. The van der Waals surface area contributed by atoms with Crippen molar-refractivity contribution in [2.24, 2.45) is 31.5 Å². The largest absolute Gasteiger partial charge is 0.378 e. The number of amides is 3. The number of aliphatic imine (C=N–C) groups is 2. The van der Waals surface area contributed by atoms with Crippen molar-refractivity contribution in [1.29, 1.82) is 0 Å². The van der Waals surface area contributed by atoms with Crippen molar-refractivity contribution in [2.75, 3.05) is 16.9 Å². The van der Waals surface area contributed by atoms with E-state index < -0.39 is 11.9 Å². The number of nitrogens with two attached hydrogens (primary N) is 3. The number of thioether (sulfide) groups is 1. The first kappa shape index (κ1) is 56.3. The Bertz CT molecular complexity index is 2690. The first-order valence-electron chi connectivity index (χ1n) is 19.9. The third-order valence-corrected chi connectivity index (χ3v) is 12.2. The molecule has 1 unspecified atom stereocenters. The van der Waals surface area contributed by atoms with Crippen molar-refractivity contribution in [2.45, 2.75) is 59.7 Å². The third kappa shape index (κ3) is 17.5. The van der Waals surface area contributed by atoms with Crippen LogP contribution in [-0.2, 0) is 35.1 Å². The highest BCUT2D eigenvalue weighted by Crippen LogP contribution is 2.29. The van der Waals surface area contributed by atoms with Crippen LogP contribution in [0.2, 0.25) is 20.1 Å². The molecule has 3 amide bonds. The molecule has 2 aliphatic heterocycles. The van der Waals surface area contributed by atoms with Gasteiger partial charge in [-0.3, -0.25) is 19.7 Å². The third-order valence-electron chi connectivity index (χ3n) is 9.77. The highest BCUT2D eigenvalue weighted by atomic mass is 35.5. The summed E-state index contributed by atoms with van der Waals surface area (Å²) < 4.78 is 3.57. The number of nitrogens with one attached hydrogen (secondary N) is 3. The van der Waals surface area contributed by atoms with E-state index in [1.807, 2.05) is 94.6 Å². The molecule has 354 valence electrons. The molecule has 0 radical (unpaired) electrons. The van der Waals surface area contributed by atoms with Gasteiger partial charge in [-0.1, -0.05) is 94.6 Å². The first-order valence-corrected chi connectivity index (χ1v) is 23.4. The standard InChI is InChI=1S/C22H22ClN5O3.C9H11ClN2S.C8H9ClN2S.C7H6ClNS.ClH/c1-12-2-4-15(9-17(12)23)26-22(24)25-10-13-3-5-16-14(8-13)11-28(21(16)31)18-6-7-19(29)27-20(18)30;1-6-3-4-7(5-8(6)10)12-9(11)13-2;1-5-2-3-6(4-7(5)9)11-8(10)12;1-5-2-3-6(9-10)4-7(5)8;/h2-5,8-9,18H,6-7,10-11H2,1H3,(H3,24,25,26)(H,27,29,30);3-5H,1-2H3,(H2,11,12);2-4H,1H3,(H3,10,11,12);2-4H,1H3;1H. The van der Waals surface area contributed by atoms with Crippen LogP contribution in [0.5, 0.6) is 0 Å². The molecular formula is C46H49Cl5N10O3S3. The lowest BCUT2D eigenvalue weighted by Gasteiger charge is -2.29. The Kier molecular flexibility index (Phi) is 22.7. The van der Waals surface area contributed by atoms with Crippen molar-refractivity contribution in [1.82, 2.24) is 10.2 Å². The Morgan fingerprint density at radius 1 is 0.761 bits per heavy atom. The van der Waals surface area contributed by atoms with Gasteiger partial charge in [-0.25, -0.2) is 9.98 Å². The smallest absolute Gasteiger partial charge is 0.255 e. The number of piperidine rings is 1. The number of anilines is 2. The van der Waals surface area contributed by atoms with Gasteiger partial charge in [-0.15, -0.1) is 12.4 Å². The van der Waals surface area contributed by atoms with Crippen LogP contribution in [0.25, 0.3) is 0 Å². The summed E-state index contributed by atoms with van der Waals surface area (Å²) in [7, 11) is 0. The van der Waals surface area contributed by atoms with E-state index in [4.69, 9.17) is 63.6 Å². The first-order chi connectivity index (χ1) is 31.3. The van der Waals surface area contributed by atoms with Crippen molar-refractivity contribution in [3.05, 3.63) is 150 Å². The number of hydrogen-bond acceptors (Lipinski definition) is 9. The molecule has 2 heterocycles. The minimum absolute atomic E-state index is 0. The van der Waals surface area contributed by atoms with E-state index in [9.17, 15) is 14.4 Å². The molecule has 0 saturated carbocycles. The number of carbonyl (C=O) groups is 3. The normalized spacial score (nSPS) is 14.1. The molecule has 1 saturated heterocycles. The van der Waals surface area contributed by atoms with Gasteiger partial charge in [0, 0.05) is 62.4 Å². The van der Waals surface area contributed by atoms with Gasteiger partial charge in [-0.2, -0.15) is 4.36 Å². The quantitative estimate of drug-likeness (QED) is 0.0391. The van der Waals surface area contributed by atoms with Crippen LogP contribution in [0, 0.1) is 27.7 Å². The van der Waals surface area contributed by atoms with Crippen LogP contribution in [0.15, 0.2) is 105 Å². The zero-order valence-electron chi connectivity index (χ0n) is 37.0. The molecule has 9 N–H and O–H groups in total. The summed E-state index contributed by atoms with van der Waals surface area (Å²) in [5, 5.41) is 11.7. The van der Waals surface area contributed by atoms with Gasteiger partial charge < -0.3 is 32.7 Å². The highest BCUT2D eigenvalue weighted by Gasteiger charge is 2.39. The SMILES string of the molecule is CSC(N)=Nc1ccc(C)c(Cl)c1.Cc1ccc(N=S)cc1Cl.Cc1ccc(NC(N)=NCc2ccc3c(c2)CN(C2CCC(=O)NC2=O)C3=O)cc1Cl.Cc1ccc(NC(N)=S)cc1Cl.Cl. The number of imide groups is 1. The van der Waals surface area contributed by atoms with Crippen LogP contribution < -0.4 is 33.2 Å². The Morgan fingerprint density at radius 3 is 1.79 bits per heavy atom. The average molecular weight is 1060 g/mol. The van der Waals surface area contributed by atoms with E-state index in [2.05, 4.69) is 54.9 Å². The highest BCUT2D eigenvalue weighted by molar-refractivity contribution is 8.13. The Hall–Kier alpha value is -5.04. The molecule has 0 aromatic heterocycles. The summed E-state index contributed by atoms with van der Waals surface area (Å²) in [5.74, 6) is -0.666. The fourth-order valence-electron chi connectivity index (χ4n) is 6.04. The molecule has 7 rings (SSSR count). The number of hydrogen-bond donors (Lipinski definition) is 6. The number of benzene rings is 5. The molecule has 1 fully saturated rings.